The molecule has 0 saturated heterocycles. The van der Waals surface area contributed by atoms with Crippen molar-refractivity contribution in [2.45, 2.75) is 26.7 Å². The normalized spacial score (nSPS) is 10.5. The Kier molecular flexibility index (Phi) is 13.0. The molecule has 2 aromatic carbocycles. The van der Waals surface area contributed by atoms with Crippen LogP contribution in [0.2, 0.25) is 0 Å². The summed E-state index contributed by atoms with van der Waals surface area (Å²) < 4.78 is 29.5. The van der Waals surface area contributed by atoms with E-state index in [2.05, 4.69) is 22.6 Å². The standard InChI is InChI=1S/C32H34O12/c1-20(2)26(33)41-17-32(18-42-30(37)28(35)39-5,19-43-31(38)29(36)40-6)16-15-22-7-9-23(10-8-22)24-11-13-25(14-12-24)44-27(34)21(3)4/h7-14H,1,3,15-19H2,2,4-6H3. The lowest BCUT2D eigenvalue weighted by molar-refractivity contribution is -0.176. The molecule has 0 aromatic heterocycles. The summed E-state index contributed by atoms with van der Waals surface area (Å²) in [6.07, 6.45) is 0.424. The van der Waals surface area contributed by atoms with Crippen LogP contribution >= 0.6 is 0 Å². The van der Waals surface area contributed by atoms with E-state index in [0.29, 0.717) is 12.2 Å². The fraction of sp³-hybridized carbons (Fsp3) is 0.312. The molecule has 0 spiro atoms. The number of carbonyl (C=O) groups excluding carboxylic acids is 6. The van der Waals surface area contributed by atoms with Gasteiger partial charge in [0, 0.05) is 11.1 Å². The van der Waals surface area contributed by atoms with Crippen molar-refractivity contribution >= 4 is 35.8 Å². The molecule has 2 rings (SSSR count). The minimum atomic E-state index is -1.38. The Balaban J connectivity index is 2.28. The number of aryl methyl sites for hydroxylation is 1. The lowest BCUT2D eigenvalue weighted by Crippen LogP contribution is -2.41. The van der Waals surface area contributed by atoms with Crippen LogP contribution in [0.4, 0.5) is 0 Å². The smallest absolute Gasteiger partial charge is 0.417 e. The Morgan fingerprint density at radius 2 is 1.00 bits per heavy atom. The van der Waals surface area contributed by atoms with Gasteiger partial charge in [-0.2, -0.15) is 0 Å². The van der Waals surface area contributed by atoms with Crippen molar-refractivity contribution in [2.75, 3.05) is 34.0 Å². The van der Waals surface area contributed by atoms with Crippen molar-refractivity contribution < 1.29 is 57.2 Å². The number of hydrogen-bond acceptors (Lipinski definition) is 12. The molecule has 0 fully saturated rings. The van der Waals surface area contributed by atoms with Gasteiger partial charge in [-0.15, -0.1) is 0 Å². The van der Waals surface area contributed by atoms with Gasteiger partial charge in [0.05, 0.1) is 19.6 Å². The van der Waals surface area contributed by atoms with Gasteiger partial charge in [0.2, 0.25) is 0 Å². The monoisotopic (exact) mass is 610 g/mol. The van der Waals surface area contributed by atoms with Gasteiger partial charge in [-0.05, 0) is 55.5 Å². The number of hydrogen-bond donors (Lipinski definition) is 0. The molecule has 44 heavy (non-hydrogen) atoms. The molecule has 234 valence electrons. The Bertz CT molecular complexity index is 1370. The van der Waals surface area contributed by atoms with Crippen LogP contribution in [-0.2, 0) is 58.9 Å². The summed E-state index contributed by atoms with van der Waals surface area (Å²) in [4.78, 5) is 71.4. The molecule has 12 heteroatoms. The minimum absolute atomic E-state index is 0.0922. The minimum Gasteiger partial charge on any atom is -0.461 e. The lowest BCUT2D eigenvalue weighted by Gasteiger charge is -2.32. The number of carbonyl (C=O) groups is 6. The number of methoxy groups -OCH3 is 2. The van der Waals surface area contributed by atoms with E-state index in [1.807, 2.05) is 24.3 Å². The van der Waals surface area contributed by atoms with Crippen LogP contribution in [0.3, 0.4) is 0 Å². The highest BCUT2D eigenvalue weighted by Gasteiger charge is 2.37. The first-order valence-corrected chi connectivity index (χ1v) is 13.2. The molecule has 0 amide bonds. The fourth-order valence-electron chi connectivity index (χ4n) is 3.59. The molecular formula is C32H34O12. The highest BCUT2D eigenvalue weighted by molar-refractivity contribution is 6.30. The molecule has 0 unspecified atom stereocenters. The molecule has 12 nitrogen and oxygen atoms in total. The number of rotatable bonds is 13. The quantitative estimate of drug-likeness (QED) is 0.107. The van der Waals surface area contributed by atoms with Crippen LogP contribution in [0.5, 0.6) is 5.75 Å². The van der Waals surface area contributed by atoms with E-state index in [9.17, 15) is 28.8 Å². The Morgan fingerprint density at radius 3 is 1.41 bits per heavy atom. The third-order valence-electron chi connectivity index (χ3n) is 6.23. The van der Waals surface area contributed by atoms with Crippen molar-refractivity contribution in [1.29, 1.82) is 0 Å². The van der Waals surface area contributed by atoms with Gasteiger partial charge in [-0.1, -0.05) is 49.6 Å². The van der Waals surface area contributed by atoms with Gasteiger partial charge in [0.15, 0.2) is 0 Å². The van der Waals surface area contributed by atoms with Crippen molar-refractivity contribution in [2.24, 2.45) is 5.41 Å². The second kappa shape index (κ2) is 16.4. The zero-order chi connectivity index (χ0) is 32.9. The second-order valence-electron chi connectivity index (χ2n) is 9.88. The van der Waals surface area contributed by atoms with Crippen LogP contribution in [0.1, 0.15) is 25.8 Å². The van der Waals surface area contributed by atoms with E-state index in [0.717, 1.165) is 30.9 Å². The lowest BCUT2D eigenvalue weighted by atomic mass is 9.84. The average molecular weight is 611 g/mol. The van der Waals surface area contributed by atoms with Crippen LogP contribution in [0.15, 0.2) is 72.8 Å². The predicted molar refractivity (Wildman–Crippen MR) is 155 cm³/mol. The van der Waals surface area contributed by atoms with Crippen molar-refractivity contribution in [3.63, 3.8) is 0 Å². The molecular weight excluding hydrogens is 576 g/mol. The summed E-state index contributed by atoms with van der Waals surface area (Å²) in [6.45, 7) is 8.60. The first kappa shape index (κ1) is 34.9. The summed E-state index contributed by atoms with van der Waals surface area (Å²) in [6, 6.07) is 14.3. The SMILES string of the molecule is C=C(C)C(=O)OCC(CCc1ccc(-c2ccc(OC(=O)C(=C)C)cc2)cc1)(COC(=O)C(=O)OC)COC(=O)C(=O)OC. The predicted octanol–water partition coefficient (Wildman–Crippen LogP) is 3.31. The molecule has 0 aliphatic rings. The molecule has 0 atom stereocenters. The third kappa shape index (κ3) is 10.5. The molecule has 0 heterocycles. The van der Waals surface area contributed by atoms with E-state index in [4.69, 9.17) is 18.9 Å². The molecule has 0 aliphatic carbocycles. The average Bonchev–Trinajstić information content (AvgIpc) is 3.03. The first-order chi connectivity index (χ1) is 20.8. The van der Waals surface area contributed by atoms with Crippen LogP contribution in [0, 0.1) is 5.41 Å². The highest BCUT2D eigenvalue weighted by Crippen LogP contribution is 2.29. The summed E-state index contributed by atoms with van der Waals surface area (Å²) in [7, 11) is 2.00. The molecule has 0 N–H and O–H groups in total. The highest BCUT2D eigenvalue weighted by atomic mass is 16.6. The zero-order valence-electron chi connectivity index (χ0n) is 25.0. The Labute approximate surface area is 254 Å². The largest absolute Gasteiger partial charge is 0.461 e. The molecule has 0 bridgehead atoms. The van der Waals surface area contributed by atoms with Gasteiger partial charge < -0.3 is 28.4 Å². The summed E-state index contributed by atoms with van der Waals surface area (Å²) >= 11 is 0. The zero-order valence-corrected chi connectivity index (χ0v) is 25.0. The van der Waals surface area contributed by atoms with Crippen molar-refractivity contribution in [3.8, 4) is 16.9 Å². The van der Waals surface area contributed by atoms with Gasteiger partial charge in [0.1, 0.15) is 25.6 Å². The number of ether oxygens (including phenoxy) is 6. The fourth-order valence-corrected chi connectivity index (χ4v) is 3.59. The molecule has 2 aromatic rings. The van der Waals surface area contributed by atoms with Gasteiger partial charge in [0.25, 0.3) is 0 Å². The van der Waals surface area contributed by atoms with E-state index in [1.54, 1.807) is 31.2 Å². The van der Waals surface area contributed by atoms with Gasteiger partial charge >= 0.3 is 35.8 Å². The van der Waals surface area contributed by atoms with E-state index in [1.165, 1.54) is 6.92 Å². The maximum atomic E-state index is 12.2. The first-order valence-electron chi connectivity index (χ1n) is 13.2. The summed E-state index contributed by atoms with van der Waals surface area (Å²) in [5.41, 5.74) is 1.54. The van der Waals surface area contributed by atoms with E-state index >= 15 is 0 Å². The molecule has 0 radical (unpaired) electrons. The van der Waals surface area contributed by atoms with Crippen LogP contribution < -0.4 is 4.74 Å². The maximum Gasteiger partial charge on any atom is 0.417 e. The summed E-state index contributed by atoms with van der Waals surface area (Å²) in [5, 5.41) is 0. The van der Waals surface area contributed by atoms with Crippen molar-refractivity contribution in [3.05, 3.63) is 78.4 Å². The second-order valence-corrected chi connectivity index (χ2v) is 9.88. The number of benzene rings is 2. The molecule has 0 aliphatic heterocycles. The van der Waals surface area contributed by atoms with Gasteiger partial charge in [-0.3, -0.25) is 0 Å². The molecule has 0 saturated carbocycles. The summed E-state index contributed by atoms with van der Waals surface area (Å²) in [5.74, 6) is -6.04. The topological polar surface area (TPSA) is 158 Å². The maximum absolute atomic E-state index is 12.2. The van der Waals surface area contributed by atoms with E-state index < -0.39 is 61.1 Å². The Hall–Kier alpha value is -5.26. The van der Waals surface area contributed by atoms with Crippen molar-refractivity contribution in [1.82, 2.24) is 0 Å². The third-order valence-corrected chi connectivity index (χ3v) is 6.23. The van der Waals surface area contributed by atoms with Crippen LogP contribution in [-0.4, -0.2) is 69.9 Å². The Morgan fingerprint density at radius 1 is 0.591 bits per heavy atom. The number of esters is 6. The van der Waals surface area contributed by atoms with E-state index in [-0.39, 0.29) is 17.6 Å². The van der Waals surface area contributed by atoms with Gasteiger partial charge in [-0.25, -0.2) is 28.8 Å². The van der Waals surface area contributed by atoms with Crippen LogP contribution in [0.25, 0.3) is 11.1 Å².